The van der Waals surface area contributed by atoms with E-state index in [9.17, 15) is 4.79 Å². The molecule has 22 heavy (non-hydrogen) atoms. The molecule has 118 valence electrons. The van der Waals surface area contributed by atoms with Gasteiger partial charge in [0.05, 0.1) is 19.6 Å². The smallest absolute Gasteiger partial charge is 0.336 e. The summed E-state index contributed by atoms with van der Waals surface area (Å²) in [7, 11) is 3.06. The summed E-state index contributed by atoms with van der Waals surface area (Å²) in [4.78, 5) is 11.5. The molecule has 2 rings (SSSR count). The van der Waals surface area contributed by atoms with Crippen LogP contribution in [0.4, 0.5) is 0 Å². The summed E-state index contributed by atoms with van der Waals surface area (Å²) in [6.45, 7) is 5.96. The van der Waals surface area contributed by atoms with Gasteiger partial charge in [0.1, 0.15) is 5.76 Å². The molecule has 0 unspecified atom stereocenters. The molecule has 0 N–H and O–H groups in total. The van der Waals surface area contributed by atoms with Gasteiger partial charge in [-0.2, -0.15) is 0 Å². The molecule has 0 saturated carbocycles. The molecule has 0 aliphatic rings. The minimum Gasteiger partial charge on any atom is -0.493 e. The zero-order valence-electron chi connectivity index (χ0n) is 13.5. The summed E-state index contributed by atoms with van der Waals surface area (Å²) in [5.74, 6) is 2.23. The van der Waals surface area contributed by atoms with Gasteiger partial charge in [-0.15, -0.1) is 0 Å². The van der Waals surface area contributed by atoms with Crippen molar-refractivity contribution in [2.45, 2.75) is 27.2 Å². The van der Waals surface area contributed by atoms with E-state index in [1.165, 1.54) is 13.2 Å². The quantitative estimate of drug-likeness (QED) is 0.619. The monoisotopic (exact) mass is 304 g/mol. The van der Waals surface area contributed by atoms with Gasteiger partial charge >= 0.3 is 5.63 Å². The maximum Gasteiger partial charge on any atom is 0.336 e. The molecule has 5 heteroatoms. The van der Waals surface area contributed by atoms with Gasteiger partial charge in [-0.05, 0) is 31.9 Å². The van der Waals surface area contributed by atoms with Crippen LogP contribution in [0.3, 0.4) is 0 Å². The zero-order chi connectivity index (χ0) is 16.3. The molecule has 0 atom stereocenters. The van der Waals surface area contributed by atoms with Crippen LogP contribution in [0.1, 0.15) is 27.2 Å². The number of methoxy groups -OCH3 is 2. The minimum absolute atomic E-state index is 0.341. The lowest BCUT2D eigenvalue weighted by Gasteiger charge is -2.16. The first-order chi connectivity index (χ1) is 10.5. The van der Waals surface area contributed by atoms with Crippen LogP contribution in [0, 0.1) is 0 Å². The molecule has 1 heterocycles. The number of fused-ring (bicyclic) bond motifs is 1. The Kier molecular flexibility index (Phi) is 4.75. The van der Waals surface area contributed by atoms with Gasteiger partial charge in [-0.1, -0.05) is 6.92 Å². The van der Waals surface area contributed by atoms with Crippen LogP contribution in [0.2, 0.25) is 0 Å². The number of hydrogen-bond acceptors (Lipinski definition) is 5. The van der Waals surface area contributed by atoms with Crippen LogP contribution in [-0.4, -0.2) is 14.2 Å². The third-order valence-electron chi connectivity index (χ3n) is 3.61. The first kappa shape index (κ1) is 15.9. The summed E-state index contributed by atoms with van der Waals surface area (Å²) in [6.07, 6.45) is 0.886. The van der Waals surface area contributed by atoms with E-state index >= 15 is 0 Å². The second-order valence-corrected chi connectivity index (χ2v) is 4.90. The molecule has 0 fully saturated rings. The van der Waals surface area contributed by atoms with Crippen molar-refractivity contribution in [1.82, 2.24) is 0 Å². The highest BCUT2D eigenvalue weighted by Crippen LogP contribution is 2.41. The third kappa shape index (κ3) is 2.93. The fourth-order valence-electron chi connectivity index (χ4n) is 2.06. The second kappa shape index (κ2) is 6.56. The molecule has 0 amide bonds. The number of hydrogen-bond donors (Lipinski definition) is 0. The lowest BCUT2D eigenvalue weighted by atomic mass is 10.1. The van der Waals surface area contributed by atoms with Crippen LogP contribution < -0.4 is 19.8 Å². The number of allylic oxidation sites excluding steroid dienone is 2. The van der Waals surface area contributed by atoms with Crippen LogP contribution in [0.5, 0.6) is 17.2 Å². The van der Waals surface area contributed by atoms with Crippen molar-refractivity contribution in [2.24, 2.45) is 0 Å². The van der Waals surface area contributed by atoms with Gasteiger partial charge in [-0.25, -0.2) is 4.79 Å². The molecule has 1 aromatic carbocycles. The summed E-state index contributed by atoms with van der Waals surface area (Å²) >= 11 is 0. The van der Waals surface area contributed by atoms with E-state index in [0.29, 0.717) is 28.2 Å². The molecular weight excluding hydrogens is 284 g/mol. The molecule has 0 bridgehead atoms. The van der Waals surface area contributed by atoms with E-state index in [4.69, 9.17) is 18.6 Å². The van der Waals surface area contributed by atoms with Gasteiger partial charge in [0, 0.05) is 12.1 Å². The van der Waals surface area contributed by atoms with Gasteiger partial charge in [-0.3, -0.25) is 0 Å². The van der Waals surface area contributed by atoms with Gasteiger partial charge in [0.2, 0.25) is 0 Å². The Balaban J connectivity index is 2.74. The Morgan fingerprint density at radius 2 is 1.82 bits per heavy atom. The predicted octanol–water partition coefficient (Wildman–Crippen LogP) is 3.89. The average molecular weight is 304 g/mol. The molecule has 0 aliphatic heterocycles. The van der Waals surface area contributed by atoms with E-state index in [2.05, 4.69) is 6.92 Å². The lowest BCUT2D eigenvalue weighted by Crippen LogP contribution is -2.02. The summed E-state index contributed by atoms with van der Waals surface area (Å²) in [5.41, 5.74) is 1.02. The van der Waals surface area contributed by atoms with Crippen LogP contribution in [0.15, 0.2) is 38.7 Å². The molecular formula is C17H20O5. The Morgan fingerprint density at radius 1 is 1.14 bits per heavy atom. The maximum absolute atomic E-state index is 11.5. The summed E-state index contributed by atoms with van der Waals surface area (Å²) in [5, 5.41) is 0.624. The van der Waals surface area contributed by atoms with Crippen LogP contribution in [-0.2, 0) is 0 Å². The Hall–Kier alpha value is -2.43. The molecule has 0 saturated heterocycles. The second-order valence-electron chi connectivity index (χ2n) is 4.90. The standard InChI is InChI=1S/C17H20O5/c1-6-10(2)11(3)21-16-12-7-8-15(18)22-17(12)14(20-5)9-13(16)19-4/h7-9H,6H2,1-5H3/b11-10-. The van der Waals surface area contributed by atoms with Crippen molar-refractivity contribution in [2.75, 3.05) is 14.2 Å². The summed E-state index contributed by atoms with van der Waals surface area (Å²) < 4.78 is 21.9. The molecule has 0 radical (unpaired) electrons. The largest absolute Gasteiger partial charge is 0.493 e. The first-order valence-electron chi connectivity index (χ1n) is 7.04. The van der Waals surface area contributed by atoms with Crippen molar-refractivity contribution >= 4 is 11.0 Å². The third-order valence-corrected chi connectivity index (χ3v) is 3.61. The topological polar surface area (TPSA) is 57.9 Å². The molecule has 0 spiro atoms. The fourth-order valence-corrected chi connectivity index (χ4v) is 2.06. The number of rotatable bonds is 5. The Morgan fingerprint density at radius 3 is 2.41 bits per heavy atom. The Labute approximate surface area is 129 Å². The van der Waals surface area contributed by atoms with Gasteiger partial charge in [0.15, 0.2) is 22.8 Å². The van der Waals surface area contributed by atoms with Crippen molar-refractivity contribution in [3.63, 3.8) is 0 Å². The van der Waals surface area contributed by atoms with E-state index in [0.717, 1.165) is 17.8 Å². The van der Waals surface area contributed by atoms with E-state index in [1.807, 2.05) is 13.8 Å². The lowest BCUT2D eigenvalue weighted by molar-refractivity contribution is 0.354. The highest BCUT2D eigenvalue weighted by Gasteiger charge is 2.18. The van der Waals surface area contributed by atoms with Crippen molar-refractivity contribution in [3.8, 4) is 17.2 Å². The molecule has 5 nitrogen and oxygen atoms in total. The highest BCUT2D eigenvalue weighted by molar-refractivity contribution is 5.91. The summed E-state index contributed by atoms with van der Waals surface area (Å²) in [6, 6.07) is 4.64. The van der Waals surface area contributed by atoms with E-state index in [1.54, 1.807) is 19.2 Å². The SMILES string of the molecule is CC/C(C)=C(/C)Oc1c(OC)cc(OC)c2oc(=O)ccc12. The van der Waals surface area contributed by atoms with Crippen molar-refractivity contribution in [3.05, 3.63) is 40.0 Å². The van der Waals surface area contributed by atoms with E-state index < -0.39 is 5.63 Å². The highest BCUT2D eigenvalue weighted by atomic mass is 16.5. The number of benzene rings is 1. The van der Waals surface area contributed by atoms with Crippen LogP contribution in [0.25, 0.3) is 11.0 Å². The zero-order valence-corrected chi connectivity index (χ0v) is 13.5. The molecule has 0 aliphatic carbocycles. The molecule has 2 aromatic rings. The Bertz CT molecular complexity index is 770. The van der Waals surface area contributed by atoms with Gasteiger partial charge < -0.3 is 18.6 Å². The van der Waals surface area contributed by atoms with Gasteiger partial charge in [0.25, 0.3) is 0 Å². The predicted molar refractivity (Wildman–Crippen MR) is 84.9 cm³/mol. The average Bonchev–Trinajstić information content (AvgIpc) is 2.53. The maximum atomic E-state index is 11.5. The first-order valence-corrected chi connectivity index (χ1v) is 7.04. The van der Waals surface area contributed by atoms with E-state index in [-0.39, 0.29) is 0 Å². The number of ether oxygens (including phenoxy) is 3. The minimum atomic E-state index is -0.445. The van der Waals surface area contributed by atoms with Crippen LogP contribution >= 0.6 is 0 Å². The molecule has 1 aromatic heterocycles. The fraction of sp³-hybridized carbons (Fsp3) is 0.353. The van der Waals surface area contributed by atoms with Crippen molar-refractivity contribution < 1.29 is 18.6 Å². The normalized spacial score (nSPS) is 12.0. The van der Waals surface area contributed by atoms with Crippen molar-refractivity contribution in [1.29, 1.82) is 0 Å².